The number of sulfonamides is 1. The molecule has 0 bridgehead atoms. The van der Waals surface area contributed by atoms with Crippen LogP contribution in [-0.4, -0.2) is 49.0 Å². The maximum atomic E-state index is 13.7. The van der Waals surface area contributed by atoms with Crippen LogP contribution in [0.2, 0.25) is 0 Å². The molecule has 0 fully saturated rings. The smallest absolute Gasteiger partial charge is 0.323 e. The van der Waals surface area contributed by atoms with Crippen molar-refractivity contribution >= 4 is 32.6 Å². The Kier molecular flexibility index (Phi) is 7.23. The fourth-order valence-electron chi connectivity index (χ4n) is 4.18. The Hall–Kier alpha value is -3.62. The first-order valence-corrected chi connectivity index (χ1v) is 12.8. The van der Waals surface area contributed by atoms with E-state index < -0.39 is 16.0 Å². The SMILES string of the molecule is CN(C)c1ccc(S(=O)(=O)N(CCc2cn(CC(=O)O)c3ccccc23)Cc2ccccc2)cc1. The average Bonchev–Trinajstić information content (AvgIpc) is 3.19. The van der Waals surface area contributed by atoms with Gasteiger partial charge in [-0.05, 0) is 47.9 Å². The number of nitrogens with zero attached hydrogens (tertiary/aromatic N) is 3. The number of para-hydroxylation sites is 1. The molecule has 0 saturated carbocycles. The second-order valence-electron chi connectivity index (χ2n) is 8.66. The van der Waals surface area contributed by atoms with Gasteiger partial charge in [-0.2, -0.15) is 4.31 Å². The van der Waals surface area contributed by atoms with E-state index in [2.05, 4.69) is 0 Å². The normalized spacial score (nSPS) is 11.7. The van der Waals surface area contributed by atoms with Gasteiger partial charge < -0.3 is 14.6 Å². The van der Waals surface area contributed by atoms with Crippen molar-refractivity contribution in [1.82, 2.24) is 8.87 Å². The van der Waals surface area contributed by atoms with Gasteiger partial charge in [0.1, 0.15) is 6.54 Å². The van der Waals surface area contributed by atoms with E-state index in [0.717, 1.165) is 27.7 Å². The van der Waals surface area contributed by atoms with E-state index in [9.17, 15) is 18.3 Å². The molecular formula is C27H29N3O4S. The number of anilines is 1. The molecule has 1 heterocycles. The highest BCUT2D eigenvalue weighted by Gasteiger charge is 2.25. The number of carbonyl (C=O) groups is 1. The molecule has 4 rings (SSSR count). The predicted octanol–water partition coefficient (Wildman–Crippen LogP) is 4.23. The zero-order valence-corrected chi connectivity index (χ0v) is 20.6. The summed E-state index contributed by atoms with van der Waals surface area (Å²) >= 11 is 0. The van der Waals surface area contributed by atoms with Gasteiger partial charge in [0.15, 0.2) is 0 Å². The molecule has 0 amide bonds. The van der Waals surface area contributed by atoms with Crippen molar-refractivity contribution in [2.45, 2.75) is 24.4 Å². The minimum absolute atomic E-state index is 0.148. The number of fused-ring (bicyclic) bond motifs is 1. The standard InChI is InChI=1S/C27H29N3O4S/c1-28(2)23-12-14-24(15-13-23)35(33,34)30(18-21-8-4-3-5-9-21)17-16-22-19-29(20-27(31)32)26-11-7-6-10-25(22)26/h3-15,19H,16-18,20H2,1-2H3,(H,31,32). The van der Waals surface area contributed by atoms with Crippen molar-refractivity contribution in [3.63, 3.8) is 0 Å². The maximum Gasteiger partial charge on any atom is 0.323 e. The fraction of sp³-hybridized carbons (Fsp3) is 0.222. The van der Waals surface area contributed by atoms with Crippen molar-refractivity contribution in [2.24, 2.45) is 0 Å². The van der Waals surface area contributed by atoms with Crippen LogP contribution in [0, 0.1) is 0 Å². The van der Waals surface area contributed by atoms with Crippen molar-refractivity contribution in [3.05, 3.63) is 96.2 Å². The lowest BCUT2D eigenvalue weighted by atomic mass is 10.1. The second-order valence-corrected chi connectivity index (χ2v) is 10.6. The Morgan fingerprint density at radius 2 is 1.57 bits per heavy atom. The molecule has 0 aliphatic heterocycles. The number of benzene rings is 3. The third-order valence-electron chi connectivity index (χ3n) is 6.00. The summed E-state index contributed by atoms with van der Waals surface area (Å²) in [6.07, 6.45) is 2.27. The lowest BCUT2D eigenvalue weighted by Gasteiger charge is -2.23. The van der Waals surface area contributed by atoms with Crippen LogP contribution in [-0.2, 0) is 34.3 Å². The lowest BCUT2D eigenvalue weighted by molar-refractivity contribution is -0.137. The summed E-state index contributed by atoms with van der Waals surface area (Å²) in [5.41, 5.74) is 3.55. The van der Waals surface area contributed by atoms with Crippen molar-refractivity contribution in [3.8, 4) is 0 Å². The van der Waals surface area contributed by atoms with Gasteiger partial charge >= 0.3 is 5.97 Å². The average molecular weight is 492 g/mol. The van der Waals surface area contributed by atoms with E-state index in [1.807, 2.05) is 79.8 Å². The van der Waals surface area contributed by atoms with Gasteiger partial charge in [0.2, 0.25) is 10.0 Å². The fourth-order valence-corrected chi connectivity index (χ4v) is 5.61. The zero-order chi connectivity index (χ0) is 25.0. The summed E-state index contributed by atoms with van der Waals surface area (Å²) in [4.78, 5) is 13.5. The molecule has 0 saturated heterocycles. The first kappa shape index (κ1) is 24.5. The molecule has 0 unspecified atom stereocenters. The van der Waals surface area contributed by atoms with Gasteiger partial charge in [0.25, 0.3) is 0 Å². The summed E-state index contributed by atoms with van der Waals surface area (Å²) < 4.78 is 30.6. The number of carboxylic acid groups (broad SMARTS) is 1. The van der Waals surface area contributed by atoms with Crippen LogP contribution in [0.4, 0.5) is 5.69 Å². The molecule has 0 atom stereocenters. The Morgan fingerprint density at radius 1 is 0.914 bits per heavy atom. The molecule has 0 radical (unpaired) electrons. The molecule has 0 spiro atoms. The molecular weight excluding hydrogens is 462 g/mol. The minimum Gasteiger partial charge on any atom is -0.480 e. The van der Waals surface area contributed by atoms with E-state index >= 15 is 0 Å². The van der Waals surface area contributed by atoms with Crippen LogP contribution in [0.3, 0.4) is 0 Å². The van der Waals surface area contributed by atoms with E-state index in [0.29, 0.717) is 6.42 Å². The van der Waals surface area contributed by atoms with Crippen molar-refractivity contribution in [1.29, 1.82) is 0 Å². The highest BCUT2D eigenvalue weighted by molar-refractivity contribution is 7.89. The summed E-state index contributed by atoms with van der Waals surface area (Å²) in [5, 5.41) is 10.2. The molecule has 182 valence electrons. The van der Waals surface area contributed by atoms with E-state index in [1.165, 1.54) is 4.31 Å². The number of carboxylic acids is 1. The summed E-state index contributed by atoms with van der Waals surface area (Å²) in [7, 11) is 0.0541. The molecule has 3 aromatic carbocycles. The molecule has 0 aliphatic carbocycles. The molecule has 1 aromatic heterocycles. The first-order valence-electron chi connectivity index (χ1n) is 11.4. The van der Waals surface area contributed by atoms with Gasteiger partial charge in [-0.1, -0.05) is 48.5 Å². The number of hydrogen-bond acceptors (Lipinski definition) is 4. The number of aliphatic carboxylic acids is 1. The van der Waals surface area contributed by atoms with Crippen molar-refractivity contribution in [2.75, 3.05) is 25.5 Å². The van der Waals surface area contributed by atoms with Crippen molar-refractivity contribution < 1.29 is 18.3 Å². The zero-order valence-electron chi connectivity index (χ0n) is 19.8. The molecule has 1 N–H and O–H groups in total. The summed E-state index contributed by atoms with van der Waals surface area (Å²) in [5.74, 6) is -0.924. The highest BCUT2D eigenvalue weighted by Crippen LogP contribution is 2.25. The van der Waals surface area contributed by atoms with E-state index in [4.69, 9.17) is 0 Å². The molecule has 8 heteroatoms. The Morgan fingerprint density at radius 3 is 2.23 bits per heavy atom. The van der Waals surface area contributed by atoms with Crippen LogP contribution >= 0.6 is 0 Å². The number of aromatic nitrogens is 1. The Labute approximate surface area is 205 Å². The second kappa shape index (κ2) is 10.3. The van der Waals surface area contributed by atoms with E-state index in [-0.39, 0.29) is 24.5 Å². The van der Waals surface area contributed by atoms with E-state index in [1.54, 1.807) is 28.8 Å². The maximum absolute atomic E-state index is 13.7. The monoisotopic (exact) mass is 491 g/mol. The first-order chi connectivity index (χ1) is 16.8. The topological polar surface area (TPSA) is 82.9 Å². The van der Waals surface area contributed by atoms with Gasteiger partial charge in [-0.25, -0.2) is 8.42 Å². The number of rotatable bonds is 10. The van der Waals surface area contributed by atoms with Gasteiger partial charge in [-0.3, -0.25) is 4.79 Å². The molecule has 4 aromatic rings. The number of hydrogen-bond donors (Lipinski definition) is 1. The van der Waals surface area contributed by atoms with Gasteiger partial charge in [0.05, 0.1) is 4.90 Å². The molecule has 7 nitrogen and oxygen atoms in total. The van der Waals surface area contributed by atoms with Crippen LogP contribution in [0.25, 0.3) is 10.9 Å². The Bertz CT molecular complexity index is 1410. The third kappa shape index (κ3) is 5.55. The lowest BCUT2D eigenvalue weighted by Crippen LogP contribution is -2.32. The summed E-state index contributed by atoms with van der Waals surface area (Å²) in [6, 6.07) is 24.0. The van der Waals surface area contributed by atoms with Crippen LogP contribution in [0.15, 0.2) is 90.0 Å². The predicted molar refractivity (Wildman–Crippen MR) is 138 cm³/mol. The Balaban J connectivity index is 1.66. The van der Waals surface area contributed by atoms with Gasteiger partial charge in [0, 0.05) is 50.0 Å². The van der Waals surface area contributed by atoms with Crippen LogP contribution in [0.5, 0.6) is 0 Å². The summed E-state index contributed by atoms with van der Waals surface area (Å²) in [6.45, 7) is 0.352. The third-order valence-corrected chi connectivity index (χ3v) is 7.86. The minimum atomic E-state index is -3.76. The van der Waals surface area contributed by atoms with Crippen LogP contribution in [0.1, 0.15) is 11.1 Å². The largest absolute Gasteiger partial charge is 0.480 e. The molecule has 0 aliphatic rings. The van der Waals surface area contributed by atoms with Crippen LogP contribution < -0.4 is 4.90 Å². The quantitative estimate of drug-likeness (QED) is 0.359. The molecule has 35 heavy (non-hydrogen) atoms. The van der Waals surface area contributed by atoms with Gasteiger partial charge in [-0.15, -0.1) is 0 Å². The highest BCUT2D eigenvalue weighted by atomic mass is 32.2.